The second kappa shape index (κ2) is 7.11. The largest absolute Gasteiger partial charge is 0.485 e. The van der Waals surface area contributed by atoms with Crippen LogP contribution in [0.3, 0.4) is 0 Å². The van der Waals surface area contributed by atoms with Crippen LogP contribution in [0.15, 0.2) is 48.5 Å². The fourth-order valence-corrected chi connectivity index (χ4v) is 3.56. The van der Waals surface area contributed by atoms with E-state index >= 15 is 0 Å². The highest BCUT2D eigenvalue weighted by atomic mass is 19.4. The van der Waals surface area contributed by atoms with Gasteiger partial charge >= 0.3 is 6.18 Å². The molecule has 0 saturated carbocycles. The molecule has 29 heavy (non-hydrogen) atoms. The summed E-state index contributed by atoms with van der Waals surface area (Å²) in [4.78, 5) is 19.7. The first kappa shape index (κ1) is 19.3. The fourth-order valence-electron chi connectivity index (χ4n) is 3.56. The van der Waals surface area contributed by atoms with Crippen molar-refractivity contribution in [2.45, 2.75) is 12.3 Å². The van der Waals surface area contributed by atoms with Gasteiger partial charge in [0.1, 0.15) is 17.5 Å². The van der Waals surface area contributed by atoms with Crippen molar-refractivity contribution in [3.05, 3.63) is 59.8 Å². The van der Waals surface area contributed by atoms with Gasteiger partial charge in [-0.25, -0.2) is 0 Å². The van der Waals surface area contributed by atoms with E-state index in [4.69, 9.17) is 4.74 Å². The Bertz CT molecular complexity index is 1060. The zero-order valence-electron chi connectivity index (χ0n) is 16.0. The molecule has 0 bridgehead atoms. The lowest BCUT2D eigenvalue weighted by Crippen LogP contribution is -2.47. The van der Waals surface area contributed by atoms with Crippen LogP contribution in [0, 0.1) is 0 Å². The number of nitrogens with one attached hydrogen (secondary N) is 1. The number of hydrogen-bond donors (Lipinski definition) is 1. The molecule has 0 radical (unpaired) electrons. The Hall–Kier alpha value is -3.00. The van der Waals surface area contributed by atoms with Crippen molar-refractivity contribution in [2.75, 3.05) is 32.1 Å². The summed E-state index contributed by atoms with van der Waals surface area (Å²) in [6.45, 7) is 0.969. The standard InChI is InChI=1S/C21H20F3N3O2/c1-26(2)11-15-12-27(18-5-3-4-6-19(18)29-15)20(28)17-9-13-7-8-14(21(22,23)24)10-16(13)25-17/h3-10,15,25H,11-12H2,1-2H3. The number of amides is 1. The van der Waals surface area contributed by atoms with E-state index in [1.807, 2.05) is 31.1 Å². The van der Waals surface area contributed by atoms with Crippen molar-refractivity contribution in [1.82, 2.24) is 9.88 Å². The van der Waals surface area contributed by atoms with E-state index in [-0.39, 0.29) is 23.2 Å². The zero-order valence-corrected chi connectivity index (χ0v) is 16.0. The second-order valence-electron chi connectivity index (χ2n) is 7.37. The van der Waals surface area contributed by atoms with Gasteiger partial charge in [0.25, 0.3) is 5.91 Å². The Morgan fingerprint density at radius 3 is 2.69 bits per heavy atom. The number of benzene rings is 2. The van der Waals surface area contributed by atoms with Gasteiger partial charge in [-0.1, -0.05) is 18.2 Å². The maximum absolute atomic E-state index is 13.2. The van der Waals surface area contributed by atoms with Crippen LogP contribution in [0.1, 0.15) is 16.1 Å². The normalized spacial score (nSPS) is 16.8. The summed E-state index contributed by atoms with van der Waals surface area (Å²) in [7, 11) is 3.85. The number of carbonyl (C=O) groups excluding carboxylic acids is 1. The van der Waals surface area contributed by atoms with Crippen molar-refractivity contribution in [3.8, 4) is 5.75 Å². The Morgan fingerprint density at radius 1 is 1.21 bits per heavy atom. The van der Waals surface area contributed by atoms with Gasteiger partial charge in [0.05, 0.1) is 17.8 Å². The Kier molecular flexibility index (Phi) is 4.74. The maximum atomic E-state index is 13.2. The SMILES string of the molecule is CN(C)CC1CN(C(=O)c2cc3ccc(C(F)(F)F)cc3[nH]2)c2ccccc2O1. The van der Waals surface area contributed by atoms with Gasteiger partial charge in [0.15, 0.2) is 0 Å². The van der Waals surface area contributed by atoms with E-state index in [1.54, 1.807) is 23.1 Å². The molecule has 1 unspecified atom stereocenters. The summed E-state index contributed by atoms with van der Waals surface area (Å²) < 4.78 is 44.9. The lowest BCUT2D eigenvalue weighted by Gasteiger charge is -2.35. The van der Waals surface area contributed by atoms with Crippen molar-refractivity contribution in [1.29, 1.82) is 0 Å². The number of para-hydroxylation sites is 2. The molecule has 2 aromatic carbocycles. The molecule has 0 spiro atoms. The summed E-state index contributed by atoms with van der Waals surface area (Å²) in [6, 6.07) is 12.2. The topological polar surface area (TPSA) is 48.6 Å². The molecule has 0 saturated heterocycles. The summed E-state index contributed by atoms with van der Waals surface area (Å²) >= 11 is 0. The average molecular weight is 403 g/mol. The first-order chi connectivity index (χ1) is 13.7. The maximum Gasteiger partial charge on any atom is 0.416 e. The smallest absolute Gasteiger partial charge is 0.416 e. The van der Waals surface area contributed by atoms with Crippen LogP contribution in [-0.4, -0.2) is 49.1 Å². The van der Waals surface area contributed by atoms with Gasteiger partial charge in [-0.3, -0.25) is 9.69 Å². The number of ether oxygens (including phenoxy) is 1. The molecule has 1 aliphatic rings. The molecule has 1 atom stereocenters. The minimum absolute atomic E-state index is 0.218. The average Bonchev–Trinajstić information content (AvgIpc) is 3.09. The molecular weight excluding hydrogens is 383 g/mol. The minimum atomic E-state index is -4.44. The summed E-state index contributed by atoms with van der Waals surface area (Å²) in [5.41, 5.74) is 0.393. The molecule has 0 aliphatic carbocycles. The number of anilines is 1. The zero-order chi connectivity index (χ0) is 20.8. The Labute approximate surface area is 165 Å². The number of fused-ring (bicyclic) bond motifs is 2. The van der Waals surface area contributed by atoms with Gasteiger partial charge in [-0.15, -0.1) is 0 Å². The summed E-state index contributed by atoms with van der Waals surface area (Å²) in [5.74, 6) is 0.295. The number of nitrogens with zero attached hydrogens (tertiary/aromatic N) is 2. The quantitative estimate of drug-likeness (QED) is 0.715. The van der Waals surface area contributed by atoms with E-state index in [2.05, 4.69) is 4.98 Å². The summed E-state index contributed by atoms with van der Waals surface area (Å²) in [5, 5.41) is 0.549. The number of rotatable bonds is 3. The van der Waals surface area contributed by atoms with E-state index in [9.17, 15) is 18.0 Å². The molecule has 1 aliphatic heterocycles. The van der Waals surface area contributed by atoms with Crippen LogP contribution >= 0.6 is 0 Å². The molecule has 8 heteroatoms. The predicted octanol–water partition coefficient (Wildman–Crippen LogP) is 4.16. The molecule has 3 aromatic rings. The van der Waals surface area contributed by atoms with E-state index in [0.29, 0.717) is 29.9 Å². The Morgan fingerprint density at radius 2 is 1.97 bits per heavy atom. The van der Waals surface area contributed by atoms with E-state index in [1.165, 1.54) is 6.07 Å². The third-order valence-electron chi connectivity index (χ3n) is 4.83. The number of aromatic amines is 1. The number of carbonyl (C=O) groups is 1. The van der Waals surface area contributed by atoms with E-state index < -0.39 is 11.7 Å². The predicted molar refractivity (Wildman–Crippen MR) is 104 cm³/mol. The lowest BCUT2D eigenvalue weighted by atomic mass is 10.1. The monoisotopic (exact) mass is 403 g/mol. The fraction of sp³-hybridized carbons (Fsp3) is 0.286. The van der Waals surface area contributed by atoms with Crippen molar-refractivity contribution < 1.29 is 22.7 Å². The minimum Gasteiger partial charge on any atom is -0.485 e. The first-order valence-corrected chi connectivity index (χ1v) is 9.14. The molecule has 4 rings (SSSR count). The van der Waals surface area contributed by atoms with Gasteiger partial charge in [0, 0.05) is 17.4 Å². The molecular formula is C21H20F3N3O2. The highest BCUT2D eigenvalue weighted by molar-refractivity contribution is 6.08. The molecule has 1 aromatic heterocycles. The Balaban J connectivity index is 1.69. The molecule has 2 heterocycles. The third-order valence-corrected chi connectivity index (χ3v) is 4.83. The lowest BCUT2D eigenvalue weighted by molar-refractivity contribution is -0.137. The molecule has 1 N–H and O–H groups in total. The number of likely N-dealkylation sites (N-methyl/N-ethyl adjacent to an activating group) is 1. The molecule has 0 fully saturated rings. The van der Waals surface area contributed by atoms with Crippen LogP contribution in [-0.2, 0) is 6.18 Å². The number of H-pyrrole nitrogens is 1. The van der Waals surface area contributed by atoms with Gasteiger partial charge in [-0.2, -0.15) is 13.2 Å². The number of aromatic nitrogens is 1. The van der Waals surface area contributed by atoms with Crippen LogP contribution in [0.5, 0.6) is 5.75 Å². The van der Waals surface area contributed by atoms with Crippen LogP contribution in [0.2, 0.25) is 0 Å². The highest BCUT2D eigenvalue weighted by Gasteiger charge is 2.32. The second-order valence-corrected chi connectivity index (χ2v) is 7.37. The number of hydrogen-bond acceptors (Lipinski definition) is 3. The van der Waals surface area contributed by atoms with Crippen molar-refractivity contribution >= 4 is 22.5 Å². The van der Waals surface area contributed by atoms with Crippen molar-refractivity contribution in [3.63, 3.8) is 0 Å². The van der Waals surface area contributed by atoms with Crippen LogP contribution in [0.25, 0.3) is 10.9 Å². The van der Waals surface area contributed by atoms with Crippen LogP contribution in [0.4, 0.5) is 18.9 Å². The number of halogens is 3. The number of alkyl halides is 3. The van der Waals surface area contributed by atoms with Crippen molar-refractivity contribution in [2.24, 2.45) is 0 Å². The third kappa shape index (κ3) is 3.80. The molecule has 1 amide bonds. The van der Waals surface area contributed by atoms with E-state index in [0.717, 1.165) is 12.1 Å². The highest BCUT2D eigenvalue weighted by Crippen LogP contribution is 2.35. The molecule has 5 nitrogen and oxygen atoms in total. The first-order valence-electron chi connectivity index (χ1n) is 9.14. The van der Waals surface area contributed by atoms with Gasteiger partial charge in [0.2, 0.25) is 0 Å². The van der Waals surface area contributed by atoms with Gasteiger partial charge < -0.3 is 14.6 Å². The van der Waals surface area contributed by atoms with Crippen LogP contribution < -0.4 is 9.64 Å². The summed E-state index contributed by atoms with van der Waals surface area (Å²) in [6.07, 6.45) is -4.66. The molecule has 152 valence electrons. The van der Waals surface area contributed by atoms with Gasteiger partial charge in [-0.05, 0) is 44.4 Å².